The number of nitrogens with one attached hydrogen (secondary N) is 1. The first-order valence-electron chi connectivity index (χ1n) is 9.54. The van der Waals surface area contributed by atoms with Crippen molar-refractivity contribution in [1.82, 2.24) is 0 Å². The molecule has 0 saturated carbocycles. The van der Waals surface area contributed by atoms with Gasteiger partial charge in [-0.25, -0.2) is 8.42 Å². The lowest BCUT2D eigenvalue weighted by molar-refractivity contribution is -0.118. The lowest BCUT2D eigenvalue weighted by Crippen LogP contribution is -2.25. The van der Waals surface area contributed by atoms with Crippen LogP contribution in [0.3, 0.4) is 0 Å². The minimum absolute atomic E-state index is 0.212. The number of nitrogens with zero attached hydrogens (tertiary/aromatic N) is 1. The van der Waals surface area contributed by atoms with Crippen molar-refractivity contribution in [2.75, 3.05) is 37.5 Å². The average molecular weight is 477 g/mol. The number of amides is 1. The standard InChI is InChI=1S/C22H24N2O6S2/c1-15-12-19(28-3)20(29-4)13-18(15)23-21(25)14-30-17-9-7-16(8-10-17)24(2)32(26,27)22-6-5-11-31-22/h5-13H,14H2,1-4H3,(H,23,25). The van der Waals surface area contributed by atoms with Crippen LogP contribution in [0.15, 0.2) is 58.1 Å². The third-order valence-electron chi connectivity index (χ3n) is 4.68. The number of rotatable bonds is 9. The van der Waals surface area contributed by atoms with E-state index in [1.165, 1.54) is 18.5 Å². The zero-order valence-electron chi connectivity index (χ0n) is 18.1. The van der Waals surface area contributed by atoms with E-state index in [4.69, 9.17) is 14.2 Å². The molecule has 3 aromatic rings. The molecule has 0 saturated heterocycles. The molecule has 32 heavy (non-hydrogen) atoms. The summed E-state index contributed by atoms with van der Waals surface area (Å²) in [6.07, 6.45) is 0. The molecule has 1 N–H and O–H groups in total. The van der Waals surface area contributed by atoms with Gasteiger partial charge in [0.15, 0.2) is 18.1 Å². The number of ether oxygens (including phenoxy) is 3. The minimum atomic E-state index is -3.61. The summed E-state index contributed by atoms with van der Waals surface area (Å²) in [6, 6.07) is 13.2. The number of thiophene rings is 1. The number of carbonyl (C=O) groups is 1. The van der Waals surface area contributed by atoms with Crippen molar-refractivity contribution >= 4 is 38.6 Å². The number of anilines is 2. The van der Waals surface area contributed by atoms with Crippen molar-refractivity contribution < 1.29 is 27.4 Å². The number of methoxy groups -OCH3 is 2. The molecule has 0 aliphatic heterocycles. The number of carbonyl (C=O) groups excluding carboxylic acids is 1. The van der Waals surface area contributed by atoms with E-state index in [0.717, 1.165) is 16.9 Å². The number of aryl methyl sites for hydroxylation is 1. The third kappa shape index (κ3) is 5.14. The van der Waals surface area contributed by atoms with Crippen molar-refractivity contribution in [1.29, 1.82) is 0 Å². The van der Waals surface area contributed by atoms with Crippen LogP contribution in [0.2, 0.25) is 0 Å². The Morgan fingerprint density at radius 3 is 2.31 bits per heavy atom. The maximum atomic E-state index is 12.6. The van der Waals surface area contributed by atoms with Crippen molar-refractivity contribution in [3.05, 3.63) is 59.5 Å². The van der Waals surface area contributed by atoms with Crippen molar-refractivity contribution in [2.24, 2.45) is 0 Å². The van der Waals surface area contributed by atoms with E-state index in [1.807, 2.05) is 6.92 Å². The van der Waals surface area contributed by atoms with Gasteiger partial charge in [0.25, 0.3) is 15.9 Å². The van der Waals surface area contributed by atoms with E-state index in [9.17, 15) is 13.2 Å². The van der Waals surface area contributed by atoms with Crippen LogP contribution in [-0.2, 0) is 14.8 Å². The van der Waals surface area contributed by atoms with Crippen molar-refractivity contribution in [3.8, 4) is 17.2 Å². The Morgan fingerprint density at radius 2 is 1.72 bits per heavy atom. The fourth-order valence-electron chi connectivity index (χ4n) is 2.89. The molecule has 1 amide bonds. The molecule has 2 aromatic carbocycles. The van der Waals surface area contributed by atoms with Gasteiger partial charge in [-0.3, -0.25) is 9.10 Å². The summed E-state index contributed by atoms with van der Waals surface area (Å²) in [5.41, 5.74) is 1.89. The maximum Gasteiger partial charge on any atom is 0.273 e. The highest BCUT2D eigenvalue weighted by Gasteiger charge is 2.22. The Labute approximate surface area is 191 Å². The van der Waals surface area contributed by atoms with Crippen LogP contribution in [0, 0.1) is 6.92 Å². The van der Waals surface area contributed by atoms with Crippen molar-refractivity contribution in [2.45, 2.75) is 11.1 Å². The maximum absolute atomic E-state index is 12.6. The lowest BCUT2D eigenvalue weighted by atomic mass is 10.1. The number of hydrogen-bond acceptors (Lipinski definition) is 7. The largest absolute Gasteiger partial charge is 0.493 e. The number of benzene rings is 2. The Kier molecular flexibility index (Phi) is 7.26. The Bertz CT molecular complexity index is 1180. The van der Waals surface area contributed by atoms with Gasteiger partial charge >= 0.3 is 0 Å². The molecule has 8 nitrogen and oxygen atoms in total. The summed E-state index contributed by atoms with van der Waals surface area (Å²) in [5, 5.41) is 4.50. The molecule has 0 aliphatic rings. The summed E-state index contributed by atoms with van der Waals surface area (Å²) in [4.78, 5) is 12.3. The SMILES string of the molecule is COc1cc(C)c(NC(=O)COc2ccc(N(C)S(=O)(=O)c3cccs3)cc2)cc1OC. The van der Waals surface area contributed by atoms with Crippen LogP contribution in [0.4, 0.5) is 11.4 Å². The fraction of sp³-hybridized carbons (Fsp3) is 0.227. The molecule has 0 fully saturated rings. The molecule has 1 aromatic heterocycles. The fourth-order valence-corrected chi connectivity index (χ4v) is 5.24. The van der Waals surface area contributed by atoms with E-state index < -0.39 is 10.0 Å². The molecule has 0 aliphatic carbocycles. The predicted molar refractivity (Wildman–Crippen MR) is 125 cm³/mol. The first-order valence-corrected chi connectivity index (χ1v) is 11.9. The Hall–Kier alpha value is -3.24. The van der Waals surface area contributed by atoms with Crippen LogP contribution >= 0.6 is 11.3 Å². The first-order chi connectivity index (χ1) is 15.3. The quantitative estimate of drug-likeness (QED) is 0.503. The van der Waals surface area contributed by atoms with E-state index >= 15 is 0 Å². The molecule has 0 bridgehead atoms. The van der Waals surface area contributed by atoms with Crippen LogP contribution in [0.5, 0.6) is 17.2 Å². The predicted octanol–water partition coefficient (Wildman–Crippen LogP) is 3.92. The van der Waals surface area contributed by atoms with Gasteiger partial charge in [0.05, 0.1) is 19.9 Å². The van der Waals surface area contributed by atoms with Gasteiger partial charge in [-0.2, -0.15) is 0 Å². The molecular weight excluding hydrogens is 452 g/mol. The van der Waals surface area contributed by atoms with Gasteiger partial charge in [0.2, 0.25) is 0 Å². The summed E-state index contributed by atoms with van der Waals surface area (Å²) >= 11 is 1.16. The Balaban J connectivity index is 1.61. The van der Waals surface area contributed by atoms with E-state index in [0.29, 0.717) is 28.6 Å². The second-order valence-corrected chi connectivity index (χ2v) is 9.90. The highest BCUT2D eigenvalue weighted by Crippen LogP contribution is 2.33. The highest BCUT2D eigenvalue weighted by atomic mass is 32.2. The van der Waals surface area contributed by atoms with Crippen molar-refractivity contribution in [3.63, 3.8) is 0 Å². The second-order valence-electron chi connectivity index (χ2n) is 6.76. The zero-order valence-corrected chi connectivity index (χ0v) is 19.7. The summed E-state index contributed by atoms with van der Waals surface area (Å²) in [6.45, 7) is 1.63. The monoisotopic (exact) mass is 476 g/mol. The van der Waals surface area contributed by atoms with Gasteiger partial charge in [0.1, 0.15) is 9.96 Å². The van der Waals surface area contributed by atoms with Gasteiger partial charge in [-0.05, 0) is 54.3 Å². The smallest absolute Gasteiger partial charge is 0.273 e. The lowest BCUT2D eigenvalue weighted by Gasteiger charge is -2.18. The molecule has 0 unspecified atom stereocenters. The number of sulfonamides is 1. The summed E-state index contributed by atoms with van der Waals surface area (Å²) < 4.78 is 42.8. The third-order valence-corrected chi connectivity index (χ3v) is 7.84. The topological polar surface area (TPSA) is 94.2 Å². The molecule has 10 heteroatoms. The first kappa shape index (κ1) is 23.4. The minimum Gasteiger partial charge on any atom is -0.493 e. The molecule has 0 radical (unpaired) electrons. The zero-order chi connectivity index (χ0) is 23.3. The molecule has 0 spiro atoms. The number of hydrogen-bond donors (Lipinski definition) is 1. The van der Waals surface area contributed by atoms with Crippen LogP contribution in [-0.4, -0.2) is 42.2 Å². The molecular formula is C22H24N2O6S2. The second kappa shape index (κ2) is 9.92. The van der Waals surface area contributed by atoms with Gasteiger partial charge in [-0.1, -0.05) is 6.07 Å². The van der Waals surface area contributed by atoms with Crippen LogP contribution < -0.4 is 23.8 Å². The molecule has 0 atom stereocenters. The molecule has 3 rings (SSSR count). The Morgan fingerprint density at radius 1 is 1.06 bits per heavy atom. The van der Waals surface area contributed by atoms with Gasteiger partial charge in [-0.15, -0.1) is 11.3 Å². The van der Waals surface area contributed by atoms with Crippen LogP contribution in [0.25, 0.3) is 0 Å². The van der Waals surface area contributed by atoms with Gasteiger partial charge in [0, 0.05) is 18.8 Å². The van der Waals surface area contributed by atoms with Gasteiger partial charge < -0.3 is 19.5 Å². The highest BCUT2D eigenvalue weighted by molar-refractivity contribution is 7.94. The average Bonchev–Trinajstić information content (AvgIpc) is 3.34. The normalized spacial score (nSPS) is 11.0. The van der Waals surface area contributed by atoms with E-state index in [1.54, 1.807) is 61.0 Å². The van der Waals surface area contributed by atoms with E-state index in [-0.39, 0.29) is 16.7 Å². The van der Waals surface area contributed by atoms with Crippen LogP contribution in [0.1, 0.15) is 5.56 Å². The van der Waals surface area contributed by atoms with E-state index in [2.05, 4.69) is 5.32 Å². The molecule has 1 heterocycles. The summed E-state index contributed by atoms with van der Waals surface area (Å²) in [5.74, 6) is 1.17. The summed E-state index contributed by atoms with van der Waals surface area (Å²) in [7, 11) is 0.949. The molecule has 170 valence electrons.